The summed E-state index contributed by atoms with van der Waals surface area (Å²) in [6.45, 7) is 4.29. The lowest BCUT2D eigenvalue weighted by Crippen LogP contribution is -2.16. The van der Waals surface area contributed by atoms with Gasteiger partial charge in [0.1, 0.15) is 5.82 Å². The van der Waals surface area contributed by atoms with Crippen LogP contribution in [0.2, 0.25) is 10.0 Å². The second kappa shape index (κ2) is 9.82. The van der Waals surface area contributed by atoms with Gasteiger partial charge in [0.2, 0.25) is 5.91 Å². The maximum absolute atomic E-state index is 12.6. The van der Waals surface area contributed by atoms with Crippen LogP contribution in [-0.2, 0) is 11.2 Å². The van der Waals surface area contributed by atoms with E-state index in [2.05, 4.69) is 15.4 Å². The normalized spacial score (nSPS) is 10.7. The number of nitrogens with one attached hydrogen (secondary N) is 1. The van der Waals surface area contributed by atoms with Gasteiger partial charge in [0.05, 0.1) is 29.5 Å². The van der Waals surface area contributed by atoms with E-state index in [4.69, 9.17) is 32.7 Å². The summed E-state index contributed by atoms with van der Waals surface area (Å²) in [7, 11) is 1.59. The van der Waals surface area contributed by atoms with Crippen molar-refractivity contribution in [3.8, 4) is 17.3 Å². The lowest BCUT2D eigenvalue weighted by molar-refractivity contribution is -0.116. The van der Waals surface area contributed by atoms with Gasteiger partial charge in [-0.05, 0) is 44.0 Å². The standard InChI is InChI=1S/C21H22Cl2N4O3/c1-4-30-17-7-5-14(10-18(17)29-3)6-8-20(28)25-19-9-13(2)26-27(19)21-16(23)11-15(22)12-24-21/h5,7,9-12H,4,6,8H2,1-3H3,(H,25,28). The molecule has 0 saturated heterocycles. The Bertz CT molecular complexity index is 1050. The molecule has 158 valence electrons. The molecule has 0 radical (unpaired) electrons. The summed E-state index contributed by atoms with van der Waals surface area (Å²) >= 11 is 12.2. The molecule has 0 fully saturated rings. The lowest BCUT2D eigenvalue weighted by Gasteiger charge is -2.11. The van der Waals surface area contributed by atoms with E-state index in [0.29, 0.717) is 46.2 Å². The number of nitrogens with zero attached hydrogens (tertiary/aromatic N) is 3. The van der Waals surface area contributed by atoms with Crippen molar-refractivity contribution in [1.82, 2.24) is 14.8 Å². The molecular formula is C21H22Cl2N4O3. The van der Waals surface area contributed by atoms with Crippen LogP contribution in [0.15, 0.2) is 36.5 Å². The predicted octanol–water partition coefficient (Wildman–Crippen LogP) is 4.86. The van der Waals surface area contributed by atoms with Gasteiger partial charge in [0.15, 0.2) is 17.3 Å². The van der Waals surface area contributed by atoms with Crippen LogP contribution in [0.5, 0.6) is 11.5 Å². The zero-order valence-corrected chi connectivity index (χ0v) is 18.4. The molecule has 3 aromatic rings. The number of rotatable bonds is 8. The molecule has 0 unspecified atom stereocenters. The van der Waals surface area contributed by atoms with Crippen LogP contribution in [0.25, 0.3) is 5.82 Å². The Balaban J connectivity index is 1.70. The lowest BCUT2D eigenvalue weighted by atomic mass is 10.1. The third kappa shape index (κ3) is 5.23. The second-order valence-corrected chi connectivity index (χ2v) is 7.35. The first-order valence-corrected chi connectivity index (χ1v) is 10.1. The summed E-state index contributed by atoms with van der Waals surface area (Å²) in [4.78, 5) is 16.8. The van der Waals surface area contributed by atoms with Crippen molar-refractivity contribution in [1.29, 1.82) is 0 Å². The number of hydrogen-bond donors (Lipinski definition) is 1. The van der Waals surface area contributed by atoms with Crippen molar-refractivity contribution in [3.05, 3.63) is 57.8 Å². The van der Waals surface area contributed by atoms with Gasteiger partial charge in [0.25, 0.3) is 0 Å². The smallest absolute Gasteiger partial charge is 0.225 e. The molecule has 30 heavy (non-hydrogen) atoms. The zero-order valence-electron chi connectivity index (χ0n) is 16.9. The van der Waals surface area contributed by atoms with E-state index in [0.717, 1.165) is 11.3 Å². The van der Waals surface area contributed by atoms with Crippen LogP contribution >= 0.6 is 23.2 Å². The van der Waals surface area contributed by atoms with Crippen LogP contribution in [0, 0.1) is 6.92 Å². The fourth-order valence-corrected chi connectivity index (χ4v) is 3.38. The number of aryl methyl sites for hydroxylation is 2. The Morgan fingerprint density at radius 1 is 1.20 bits per heavy atom. The van der Waals surface area contributed by atoms with E-state index >= 15 is 0 Å². The molecule has 7 nitrogen and oxygen atoms in total. The molecule has 2 aromatic heterocycles. The second-order valence-electron chi connectivity index (χ2n) is 6.51. The van der Waals surface area contributed by atoms with Crippen LogP contribution in [-0.4, -0.2) is 34.4 Å². The number of methoxy groups -OCH3 is 1. The van der Waals surface area contributed by atoms with Crippen molar-refractivity contribution in [2.24, 2.45) is 0 Å². The molecule has 0 aliphatic rings. The molecule has 0 aliphatic carbocycles. The topological polar surface area (TPSA) is 78.3 Å². The highest BCUT2D eigenvalue weighted by Gasteiger charge is 2.15. The summed E-state index contributed by atoms with van der Waals surface area (Å²) in [6.07, 6.45) is 2.30. The molecule has 3 rings (SSSR count). The maximum Gasteiger partial charge on any atom is 0.225 e. The Morgan fingerprint density at radius 2 is 2.00 bits per heavy atom. The molecule has 1 amide bonds. The number of carbonyl (C=O) groups excluding carboxylic acids is 1. The SMILES string of the molecule is CCOc1ccc(CCC(=O)Nc2cc(C)nn2-c2ncc(Cl)cc2Cl)cc1OC. The Labute approximate surface area is 184 Å². The molecule has 0 saturated carbocycles. The van der Waals surface area contributed by atoms with E-state index in [-0.39, 0.29) is 12.3 Å². The monoisotopic (exact) mass is 448 g/mol. The van der Waals surface area contributed by atoms with Gasteiger partial charge in [-0.2, -0.15) is 9.78 Å². The van der Waals surface area contributed by atoms with E-state index in [1.807, 2.05) is 32.0 Å². The highest BCUT2D eigenvalue weighted by atomic mass is 35.5. The summed E-state index contributed by atoms with van der Waals surface area (Å²) in [6, 6.07) is 8.98. The van der Waals surface area contributed by atoms with Gasteiger partial charge in [0, 0.05) is 18.7 Å². The van der Waals surface area contributed by atoms with Crippen molar-refractivity contribution < 1.29 is 14.3 Å². The van der Waals surface area contributed by atoms with Crippen molar-refractivity contribution in [2.75, 3.05) is 19.0 Å². The van der Waals surface area contributed by atoms with Crippen molar-refractivity contribution in [3.63, 3.8) is 0 Å². The van der Waals surface area contributed by atoms with Crippen molar-refractivity contribution in [2.45, 2.75) is 26.7 Å². The number of benzene rings is 1. The predicted molar refractivity (Wildman–Crippen MR) is 117 cm³/mol. The van der Waals surface area contributed by atoms with Gasteiger partial charge in [-0.25, -0.2) is 4.98 Å². The van der Waals surface area contributed by atoms with Gasteiger partial charge < -0.3 is 14.8 Å². The molecule has 1 aromatic carbocycles. The van der Waals surface area contributed by atoms with Crippen LogP contribution in [0.4, 0.5) is 5.82 Å². The molecule has 0 spiro atoms. The summed E-state index contributed by atoms with van der Waals surface area (Å²) in [5.41, 5.74) is 1.69. The average molecular weight is 449 g/mol. The number of halogens is 2. The fraction of sp³-hybridized carbons (Fsp3) is 0.286. The van der Waals surface area contributed by atoms with Gasteiger partial charge in [-0.15, -0.1) is 0 Å². The summed E-state index contributed by atoms with van der Waals surface area (Å²) < 4.78 is 12.4. The number of ether oxygens (including phenoxy) is 2. The van der Waals surface area contributed by atoms with E-state index in [1.165, 1.54) is 10.9 Å². The maximum atomic E-state index is 12.6. The minimum Gasteiger partial charge on any atom is -0.493 e. The van der Waals surface area contributed by atoms with Gasteiger partial charge >= 0.3 is 0 Å². The van der Waals surface area contributed by atoms with Gasteiger partial charge in [-0.1, -0.05) is 29.3 Å². The van der Waals surface area contributed by atoms with Crippen LogP contribution in [0.3, 0.4) is 0 Å². The summed E-state index contributed by atoms with van der Waals surface area (Å²) in [5, 5.41) is 8.01. The first-order valence-electron chi connectivity index (χ1n) is 9.39. The highest BCUT2D eigenvalue weighted by Crippen LogP contribution is 2.29. The number of pyridine rings is 1. The fourth-order valence-electron chi connectivity index (χ4n) is 2.92. The van der Waals surface area contributed by atoms with E-state index in [1.54, 1.807) is 19.2 Å². The van der Waals surface area contributed by atoms with Gasteiger partial charge in [-0.3, -0.25) is 4.79 Å². The third-order valence-electron chi connectivity index (χ3n) is 4.26. The minimum absolute atomic E-state index is 0.158. The molecular weight excluding hydrogens is 427 g/mol. The zero-order chi connectivity index (χ0) is 21.7. The first-order chi connectivity index (χ1) is 14.4. The largest absolute Gasteiger partial charge is 0.493 e. The Hall–Kier alpha value is -2.77. The Kier molecular flexibility index (Phi) is 7.18. The van der Waals surface area contributed by atoms with E-state index < -0.39 is 0 Å². The minimum atomic E-state index is -0.158. The number of anilines is 1. The Morgan fingerprint density at radius 3 is 2.70 bits per heavy atom. The molecule has 0 bridgehead atoms. The molecule has 2 heterocycles. The molecule has 0 atom stereocenters. The molecule has 0 aliphatic heterocycles. The molecule has 1 N–H and O–H groups in total. The highest BCUT2D eigenvalue weighted by molar-refractivity contribution is 6.35. The van der Waals surface area contributed by atoms with Crippen molar-refractivity contribution >= 4 is 34.9 Å². The number of hydrogen-bond acceptors (Lipinski definition) is 5. The summed E-state index contributed by atoms with van der Waals surface area (Å²) in [5.74, 6) is 2.04. The molecule has 9 heteroatoms. The number of aromatic nitrogens is 3. The quantitative estimate of drug-likeness (QED) is 0.532. The first kappa shape index (κ1) is 21.9. The van der Waals surface area contributed by atoms with Crippen LogP contribution in [0.1, 0.15) is 24.6 Å². The number of amides is 1. The van der Waals surface area contributed by atoms with E-state index in [9.17, 15) is 4.79 Å². The number of carbonyl (C=O) groups is 1. The van der Waals surface area contributed by atoms with Crippen LogP contribution < -0.4 is 14.8 Å². The average Bonchev–Trinajstić information content (AvgIpc) is 3.07. The third-order valence-corrected chi connectivity index (χ3v) is 4.74.